The van der Waals surface area contributed by atoms with Crippen LogP contribution >= 0.6 is 0 Å². The first-order valence-electron chi connectivity index (χ1n) is 9.54. The van der Waals surface area contributed by atoms with Crippen molar-refractivity contribution in [3.63, 3.8) is 0 Å². The van der Waals surface area contributed by atoms with Gasteiger partial charge in [0.2, 0.25) is 0 Å². The summed E-state index contributed by atoms with van der Waals surface area (Å²) >= 11 is 0. The molecule has 1 aromatic carbocycles. The summed E-state index contributed by atoms with van der Waals surface area (Å²) in [6.07, 6.45) is 1.90. The fourth-order valence-electron chi connectivity index (χ4n) is 3.01. The van der Waals surface area contributed by atoms with Gasteiger partial charge in [0.05, 0.1) is 5.69 Å². The van der Waals surface area contributed by atoms with E-state index in [1.54, 1.807) is 6.07 Å². The number of ether oxygens (including phenoxy) is 1. The number of halogens is 1. The molecule has 0 atom stereocenters. The van der Waals surface area contributed by atoms with Gasteiger partial charge in [-0.25, -0.2) is 4.39 Å². The van der Waals surface area contributed by atoms with Crippen LogP contribution in [0.3, 0.4) is 0 Å². The molecular formula is C19H32FN5O. The van der Waals surface area contributed by atoms with Gasteiger partial charge in [0.15, 0.2) is 5.96 Å². The fraction of sp³-hybridized carbons (Fsp3) is 0.632. The minimum Gasteiger partial charge on any atom is -0.382 e. The maximum Gasteiger partial charge on any atom is 0.188 e. The van der Waals surface area contributed by atoms with E-state index in [1.165, 1.54) is 6.07 Å². The number of piperazine rings is 1. The molecule has 0 radical (unpaired) electrons. The van der Waals surface area contributed by atoms with E-state index >= 15 is 0 Å². The molecule has 26 heavy (non-hydrogen) atoms. The molecule has 0 aromatic heterocycles. The summed E-state index contributed by atoms with van der Waals surface area (Å²) in [6, 6.07) is 7.00. The van der Waals surface area contributed by atoms with Crippen LogP contribution < -0.4 is 16.0 Å². The molecular weight excluding hydrogens is 333 g/mol. The maximum atomic E-state index is 13.9. The Morgan fingerprint density at radius 1 is 1.23 bits per heavy atom. The van der Waals surface area contributed by atoms with Gasteiger partial charge in [0, 0.05) is 52.5 Å². The van der Waals surface area contributed by atoms with Crippen LogP contribution in [0.1, 0.15) is 19.8 Å². The smallest absolute Gasteiger partial charge is 0.188 e. The van der Waals surface area contributed by atoms with Crippen molar-refractivity contribution in [1.29, 1.82) is 0 Å². The predicted molar refractivity (Wildman–Crippen MR) is 105 cm³/mol. The highest BCUT2D eigenvalue weighted by Crippen LogP contribution is 2.20. The summed E-state index contributed by atoms with van der Waals surface area (Å²) in [5.41, 5.74) is 6.56. The molecule has 1 saturated heterocycles. The van der Waals surface area contributed by atoms with Crippen molar-refractivity contribution >= 4 is 11.6 Å². The Morgan fingerprint density at radius 3 is 2.73 bits per heavy atom. The van der Waals surface area contributed by atoms with Crippen molar-refractivity contribution in [2.75, 3.05) is 63.9 Å². The minimum absolute atomic E-state index is 0.138. The molecule has 2 rings (SSSR count). The van der Waals surface area contributed by atoms with Crippen molar-refractivity contribution in [2.24, 2.45) is 10.7 Å². The number of hydrogen-bond donors (Lipinski definition) is 2. The first kappa shape index (κ1) is 20.5. The van der Waals surface area contributed by atoms with Gasteiger partial charge < -0.3 is 20.7 Å². The zero-order valence-corrected chi connectivity index (χ0v) is 15.8. The Kier molecular flexibility index (Phi) is 9.20. The van der Waals surface area contributed by atoms with Gasteiger partial charge in [-0.1, -0.05) is 12.1 Å². The van der Waals surface area contributed by atoms with E-state index in [0.29, 0.717) is 18.2 Å². The molecule has 3 N–H and O–H groups in total. The van der Waals surface area contributed by atoms with E-state index in [2.05, 4.69) is 20.1 Å². The van der Waals surface area contributed by atoms with Gasteiger partial charge in [-0.3, -0.25) is 9.89 Å². The Hall–Kier alpha value is -1.86. The second-order valence-electron chi connectivity index (χ2n) is 6.38. The number of nitrogens with one attached hydrogen (secondary N) is 1. The van der Waals surface area contributed by atoms with Crippen LogP contribution in [0.5, 0.6) is 0 Å². The molecule has 146 valence electrons. The van der Waals surface area contributed by atoms with Crippen LogP contribution in [0.2, 0.25) is 0 Å². The van der Waals surface area contributed by atoms with Crippen LogP contribution in [-0.2, 0) is 4.74 Å². The molecule has 6 nitrogen and oxygen atoms in total. The number of nitrogens with two attached hydrogens (primary N) is 1. The molecule has 1 aromatic rings. The normalized spacial score (nSPS) is 16.1. The second kappa shape index (κ2) is 11.7. The van der Waals surface area contributed by atoms with Crippen LogP contribution in [0.25, 0.3) is 0 Å². The number of anilines is 1. The number of benzene rings is 1. The Bertz CT molecular complexity index is 546. The standard InChI is InChI=1S/C19H32FN5O/c1-2-26-16-6-10-23-19(21)22-9-5-11-24-12-14-25(15-13-24)18-8-4-3-7-17(18)20/h3-4,7-8H,2,5-6,9-16H2,1H3,(H3,21,22,23). The number of rotatable bonds is 10. The molecule has 1 aliphatic heterocycles. The molecule has 0 amide bonds. The zero-order chi connectivity index (χ0) is 18.6. The average Bonchev–Trinajstić information content (AvgIpc) is 2.66. The Labute approximate surface area is 156 Å². The largest absolute Gasteiger partial charge is 0.382 e. The van der Waals surface area contributed by atoms with Gasteiger partial charge >= 0.3 is 0 Å². The van der Waals surface area contributed by atoms with Crippen molar-refractivity contribution in [1.82, 2.24) is 10.2 Å². The van der Waals surface area contributed by atoms with Crippen molar-refractivity contribution in [3.8, 4) is 0 Å². The lowest BCUT2D eigenvalue weighted by molar-refractivity contribution is 0.146. The molecule has 0 unspecified atom stereocenters. The summed E-state index contributed by atoms with van der Waals surface area (Å²) < 4.78 is 19.1. The van der Waals surface area contributed by atoms with Crippen molar-refractivity contribution in [3.05, 3.63) is 30.1 Å². The highest BCUT2D eigenvalue weighted by molar-refractivity contribution is 5.77. The third-order valence-electron chi connectivity index (χ3n) is 4.46. The fourth-order valence-corrected chi connectivity index (χ4v) is 3.01. The molecule has 0 aliphatic carbocycles. The Balaban J connectivity index is 1.56. The van der Waals surface area contributed by atoms with Gasteiger partial charge in [-0.05, 0) is 38.4 Å². The van der Waals surface area contributed by atoms with E-state index in [-0.39, 0.29) is 5.82 Å². The lowest BCUT2D eigenvalue weighted by Crippen LogP contribution is -2.47. The van der Waals surface area contributed by atoms with E-state index < -0.39 is 0 Å². The van der Waals surface area contributed by atoms with Gasteiger partial charge in [0.1, 0.15) is 5.82 Å². The molecule has 0 spiro atoms. The zero-order valence-electron chi connectivity index (χ0n) is 15.8. The summed E-state index contributed by atoms with van der Waals surface area (Å²) in [7, 11) is 0. The van der Waals surface area contributed by atoms with Crippen molar-refractivity contribution in [2.45, 2.75) is 19.8 Å². The number of nitrogens with zero attached hydrogens (tertiary/aromatic N) is 3. The second-order valence-corrected chi connectivity index (χ2v) is 6.38. The highest BCUT2D eigenvalue weighted by Gasteiger charge is 2.18. The topological polar surface area (TPSA) is 66.1 Å². The summed E-state index contributed by atoms with van der Waals surface area (Å²) in [5, 5.41) is 3.16. The molecule has 1 heterocycles. The SMILES string of the molecule is CCOCCCN=C(N)NCCCN1CCN(c2ccccc2F)CC1. The lowest BCUT2D eigenvalue weighted by atomic mass is 10.2. The monoisotopic (exact) mass is 365 g/mol. The molecule has 1 fully saturated rings. The van der Waals surface area contributed by atoms with Crippen LogP contribution in [0, 0.1) is 5.82 Å². The van der Waals surface area contributed by atoms with E-state index in [0.717, 1.165) is 65.3 Å². The molecule has 0 saturated carbocycles. The number of guanidine groups is 1. The first-order valence-corrected chi connectivity index (χ1v) is 9.54. The quantitative estimate of drug-likeness (QED) is 0.375. The van der Waals surface area contributed by atoms with Gasteiger partial charge in [-0.2, -0.15) is 0 Å². The lowest BCUT2D eigenvalue weighted by Gasteiger charge is -2.36. The molecule has 7 heteroatoms. The van der Waals surface area contributed by atoms with Gasteiger partial charge in [-0.15, -0.1) is 0 Å². The Morgan fingerprint density at radius 2 is 2.00 bits per heavy atom. The summed E-state index contributed by atoms with van der Waals surface area (Å²) in [4.78, 5) is 8.81. The summed E-state index contributed by atoms with van der Waals surface area (Å²) in [5.74, 6) is 0.368. The predicted octanol–water partition coefficient (Wildman–Crippen LogP) is 1.67. The number of aliphatic imine (C=N–C) groups is 1. The van der Waals surface area contributed by atoms with Gasteiger partial charge in [0.25, 0.3) is 0 Å². The van der Waals surface area contributed by atoms with Crippen LogP contribution in [0.15, 0.2) is 29.3 Å². The summed E-state index contributed by atoms with van der Waals surface area (Å²) in [6.45, 7) is 9.60. The maximum absolute atomic E-state index is 13.9. The van der Waals surface area contributed by atoms with E-state index in [9.17, 15) is 4.39 Å². The number of para-hydroxylation sites is 1. The third kappa shape index (κ3) is 7.17. The number of hydrogen-bond acceptors (Lipinski definition) is 4. The third-order valence-corrected chi connectivity index (χ3v) is 4.46. The molecule has 0 bridgehead atoms. The minimum atomic E-state index is -0.138. The van der Waals surface area contributed by atoms with Crippen LogP contribution in [-0.4, -0.2) is 69.9 Å². The van der Waals surface area contributed by atoms with Crippen molar-refractivity contribution < 1.29 is 9.13 Å². The van der Waals surface area contributed by atoms with E-state index in [4.69, 9.17) is 10.5 Å². The highest BCUT2D eigenvalue weighted by atomic mass is 19.1. The molecule has 1 aliphatic rings. The first-order chi connectivity index (χ1) is 12.7. The average molecular weight is 365 g/mol. The van der Waals surface area contributed by atoms with Crippen LogP contribution in [0.4, 0.5) is 10.1 Å². The van der Waals surface area contributed by atoms with E-state index in [1.807, 2.05) is 19.1 Å².